The molecule has 6 nitrogen and oxygen atoms in total. The molecule has 0 bridgehead atoms. The number of carbonyl (C=O) groups excluding carboxylic acids is 1. The molecule has 1 saturated heterocycles. The highest BCUT2D eigenvalue weighted by molar-refractivity contribution is 9.10. The van der Waals surface area contributed by atoms with Gasteiger partial charge in [-0.05, 0) is 52.9 Å². The maximum absolute atomic E-state index is 13.3. The molecule has 1 aromatic carbocycles. The Morgan fingerprint density at radius 1 is 1.07 bits per heavy atom. The third-order valence-electron chi connectivity index (χ3n) is 6.14. The Balaban J connectivity index is 1.56. The molecular formula is C19H26BrN3O3S. The summed E-state index contributed by atoms with van der Waals surface area (Å²) in [5, 5.41) is 0. The van der Waals surface area contributed by atoms with Gasteiger partial charge in [-0.3, -0.25) is 9.69 Å². The number of carbonyl (C=O) groups is 1. The molecule has 3 aliphatic rings. The first-order valence-electron chi connectivity index (χ1n) is 9.72. The number of anilines is 1. The topological polar surface area (TPSA) is 60.9 Å². The van der Waals surface area contributed by atoms with Gasteiger partial charge in [0.1, 0.15) is 0 Å². The van der Waals surface area contributed by atoms with Crippen molar-refractivity contribution in [1.82, 2.24) is 9.21 Å². The number of fused-ring (bicyclic) bond motifs is 1. The van der Waals surface area contributed by atoms with Crippen LogP contribution in [0.5, 0.6) is 0 Å². The summed E-state index contributed by atoms with van der Waals surface area (Å²) in [5.74, 6) is -0.0513. The molecule has 2 aliphatic heterocycles. The van der Waals surface area contributed by atoms with Crippen LogP contribution in [0.4, 0.5) is 5.69 Å². The van der Waals surface area contributed by atoms with Gasteiger partial charge in [0.25, 0.3) is 0 Å². The van der Waals surface area contributed by atoms with Crippen LogP contribution in [0.1, 0.15) is 38.2 Å². The summed E-state index contributed by atoms with van der Waals surface area (Å²) in [4.78, 5) is 16.3. The molecule has 2 fully saturated rings. The van der Waals surface area contributed by atoms with Crippen molar-refractivity contribution < 1.29 is 13.2 Å². The number of rotatable bonds is 3. The van der Waals surface area contributed by atoms with E-state index < -0.39 is 10.0 Å². The van der Waals surface area contributed by atoms with Crippen molar-refractivity contribution in [2.24, 2.45) is 0 Å². The lowest BCUT2D eigenvalue weighted by Gasteiger charge is -2.37. The Bertz CT molecular complexity index is 844. The van der Waals surface area contributed by atoms with Gasteiger partial charge in [0, 0.05) is 55.8 Å². The number of amides is 1. The first-order valence-corrected chi connectivity index (χ1v) is 12.0. The first-order chi connectivity index (χ1) is 12.9. The standard InChI is InChI=1S/C19H26BrN3O3S/c1-14(24)23-7-6-15-12-17(20)19(13-18(15)23)27(25,26)22-10-8-21(9-11-22)16-4-2-3-5-16/h12-13,16H,2-11H2,1H3. The van der Waals surface area contributed by atoms with Crippen LogP contribution in [0.15, 0.2) is 21.5 Å². The highest BCUT2D eigenvalue weighted by Gasteiger charge is 2.34. The molecule has 0 unspecified atom stereocenters. The van der Waals surface area contributed by atoms with Crippen molar-refractivity contribution in [2.75, 3.05) is 37.6 Å². The molecular weight excluding hydrogens is 430 g/mol. The number of benzene rings is 1. The summed E-state index contributed by atoms with van der Waals surface area (Å²) in [6, 6.07) is 4.16. The number of hydrogen-bond donors (Lipinski definition) is 0. The Labute approximate surface area is 169 Å². The van der Waals surface area contributed by atoms with Gasteiger partial charge in [-0.2, -0.15) is 4.31 Å². The zero-order chi connectivity index (χ0) is 19.2. The highest BCUT2D eigenvalue weighted by atomic mass is 79.9. The van der Waals surface area contributed by atoms with E-state index in [2.05, 4.69) is 20.8 Å². The molecule has 27 heavy (non-hydrogen) atoms. The molecule has 2 heterocycles. The van der Waals surface area contributed by atoms with Gasteiger partial charge in [0.15, 0.2) is 0 Å². The number of piperazine rings is 1. The summed E-state index contributed by atoms with van der Waals surface area (Å²) in [7, 11) is -3.59. The average Bonchev–Trinajstić information content (AvgIpc) is 3.30. The summed E-state index contributed by atoms with van der Waals surface area (Å²) >= 11 is 3.46. The van der Waals surface area contributed by atoms with Gasteiger partial charge >= 0.3 is 0 Å². The molecule has 148 valence electrons. The van der Waals surface area contributed by atoms with Crippen molar-refractivity contribution in [3.8, 4) is 0 Å². The Morgan fingerprint density at radius 3 is 2.37 bits per heavy atom. The second-order valence-electron chi connectivity index (χ2n) is 7.71. The van der Waals surface area contributed by atoms with E-state index in [0.717, 1.165) is 30.8 Å². The van der Waals surface area contributed by atoms with Gasteiger partial charge in [-0.1, -0.05) is 12.8 Å². The second-order valence-corrected chi connectivity index (χ2v) is 10.5. The predicted molar refractivity (Wildman–Crippen MR) is 108 cm³/mol. The minimum Gasteiger partial charge on any atom is -0.312 e. The smallest absolute Gasteiger partial charge is 0.244 e. The van der Waals surface area contributed by atoms with Crippen molar-refractivity contribution in [2.45, 2.75) is 50.0 Å². The number of halogens is 1. The highest BCUT2D eigenvalue weighted by Crippen LogP contribution is 2.37. The van der Waals surface area contributed by atoms with Gasteiger partial charge in [-0.25, -0.2) is 8.42 Å². The van der Waals surface area contributed by atoms with Crippen LogP contribution in [0.2, 0.25) is 0 Å². The Hall–Kier alpha value is -0.960. The normalized spacial score (nSPS) is 22.4. The number of nitrogens with zero attached hydrogens (tertiary/aromatic N) is 3. The van der Waals surface area contributed by atoms with Gasteiger partial charge in [0.05, 0.1) is 4.90 Å². The summed E-state index contributed by atoms with van der Waals surface area (Å²) in [6.07, 6.45) is 5.82. The van der Waals surface area contributed by atoms with E-state index in [-0.39, 0.29) is 10.8 Å². The van der Waals surface area contributed by atoms with Crippen molar-refractivity contribution >= 4 is 37.5 Å². The third kappa shape index (κ3) is 3.57. The molecule has 1 aromatic rings. The molecule has 1 amide bonds. The minimum absolute atomic E-state index is 0.0513. The van der Waals surface area contributed by atoms with E-state index in [0.29, 0.717) is 30.1 Å². The SMILES string of the molecule is CC(=O)N1CCc2cc(Br)c(S(=O)(=O)N3CCN(C4CCCC4)CC3)cc21. The van der Waals surface area contributed by atoms with E-state index in [1.807, 2.05) is 6.07 Å². The van der Waals surface area contributed by atoms with E-state index in [1.165, 1.54) is 32.6 Å². The zero-order valence-electron chi connectivity index (χ0n) is 15.7. The summed E-state index contributed by atoms with van der Waals surface area (Å²) < 4.78 is 28.8. The van der Waals surface area contributed by atoms with E-state index in [4.69, 9.17) is 0 Å². The fourth-order valence-electron chi connectivity index (χ4n) is 4.63. The maximum Gasteiger partial charge on any atom is 0.244 e. The Morgan fingerprint density at radius 2 is 1.74 bits per heavy atom. The maximum atomic E-state index is 13.3. The average molecular weight is 456 g/mol. The molecule has 1 aliphatic carbocycles. The summed E-state index contributed by atoms with van der Waals surface area (Å²) in [5.41, 5.74) is 1.75. The molecule has 0 N–H and O–H groups in total. The van der Waals surface area contributed by atoms with Gasteiger partial charge < -0.3 is 4.90 Å². The molecule has 1 saturated carbocycles. The number of hydrogen-bond acceptors (Lipinski definition) is 4. The quantitative estimate of drug-likeness (QED) is 0.702. The second kappa shape index (κ2) is 7.46. The lowest BCUT2D eigenvalue weighted by Crippen LogP contribution is -2.51. The Kier molecular flexibility index (Phi) is 5.35. The van der Waals surface area contributed by atoms with E-state index >= 15 is 0 Å². The van der Waals surface area contributed by atoms with Crippen LogP contribution < -0.4 is 4.90 Å². The van der Waals surface area contributed by atoms with Crippen LogP contribution in [0.3, 0.4) is 0 Å². The zero-order valence-corrected chi connectivity index (χ0v) is 18.1. The predicted octanol–water partition coefficient (Wildman–Crippen LogP) is 2.61. The van der Waals surface area contributed by atoms with Crippen molar-refractivity contribution in [3.63, 3.8) is 0 Å². The van der Waals surface area contributed by atoms with Crippen LogP contribution in [-0.4, -0.2) is 62.3 Å². The van der Waals surface area contributed by atoms with Crippen molar-refractivity contribution in [3.05, 3.63) is 22.2 Å². The molecule has 0 aromatic heterocycles. The van der Waals surface area contributed by atoms with Gasteiger partial charge in [-0.15, -0.1) is 0 Å². The largest absolute Gasteiger partial charge is 0.312 e. The third-order valence-corrected chi connectivity index (χ3v) is 9.00. The van der Waals surface area contributed by atoms with E-state index in [1.54, 1.807) is 15.3 Å². The number of sulfonamides is 1. The fourth-order valence-corrected chi connectivity index (χ4v) is 7.12. The fraction of sp³-hybridized carbons (Fsp3) is 0.632. The van der Waals surface area contributed by atoms with Gasteiger partial charge in [0.2, 0.25) is 15.9 Å². The molecule has 0 atom stereocenters. The lowest BCUT2D eigenvalue weighted by atomic mass is 10.2. The molecule has 0 spiro atoms. The monoisotopic (exact) mass is 455 g/mol. The van der Waals surface area contributed by atoms with Crippen molar-refractivity contribution in [1.29, 1.82) is 0 Å². The van der Waals surface area contributed by atoms with Crippen LogP contribution >= 0.6 is 15.9 Å². The molecule has 4 rings (SSSR count). The van der Waals surface area contributed by atoms with E-state index in [9.17, 15) is 13.2 Å². The summed E-state index contributed by atoms with van der Waals surface area (Å²) in [6.45, 7) is 4.78. The minimum atomic E-state index is -3.59. The van der Waals surface area contributed by atoms with Crippen LogP contribution in [0, 0.1) is 0 Å². The molecule has 0 radical (unpaired) electrons. The molecule has 8 heteroatoms. The van der Waals surface area contributed by atoms with Crippen LogP contribution in [0.25, 0.3) is 0 Å². The lowest BCUT2D eigenvalue weighted by molar-refractivity contribution is -0.116. The first kappa shape index (κ1) is 19.4. The van der Waals surface area contributed by atoms with Crippen LogP contribution in [-0.2, 0) is 21.2 Å².